The van der Waals surface area contributed by atoms with Gasteiger partial charge in [0.2, 0.25) is 0 Å². The summed E-state index contributed by atoms with van der Waals surface area (Å²) in [5, 5.41) is 10.2. The molecule has 16 heavy (non-hydrogen) atoms. The maximum atomic E-state index is 4.27. The van der Waals surface area contributed by atoms with E-state index in [2.05, 4.69) is 15.6 Å². The van der Waals surface area contributed by atoms with Crippen LogP contribution in [0, 0.1) is 5.92 Å². The summed E-state index contributed by atoms with van der Waals surface area (Å²) >= 11 is 1.75. The minimum atomic E-state index is 0.939. The van der Waals surface area contributed by atoms with E-state index in [-0.39, 0.29) is 0 Å². The summed E-state index contributed by atoms with van der Waals surface area (Å²) < 4.78 is 0. The fourth-order valence-corrected chi connectivity index (χ4v) is 2.79. The molecule has 0 radical (unpaired) electrons. The average molecular weight is 239 g/mol. The highest BCUT2D eigenvalue weighted by atomic mass is 32.1. The molecule has 0 amide bonds. The van der Waals surface area contributed by atoms with Gasteiger partial charge in [-0.25, -0.2) is 4.98 Å². The standard InChI is InChI=1S/C12H21N3S/c1-5-13-6-2-11(1)3-7-14-8-4-12-15-9-10-16-12/h9-11,13-14H,1-8H2. The van der Waals surface area contributed by atoms with Gasteiger partial charge in [0.25, 0.3) is 0 Å². The zero-order chi connectivity index (χ0) is 11.1. The van der Waals surface area contributed by atoms with E-state index in [1.807, 2.05) is 11.6 Å². The highest BCUT2D eigenvalue weighted by Crippen LogP contribution is 2.14. The fourth-order valence-electron chi connectivity index (χ4n) is 2.17. The van der Waals surface area contributed by atoms with Gasteiger partial charge in [0.15, 0.2) is 0 Å². The maximum absolute atomic E-state index is 4.27. The Morgan fingerprint density at radius 2 is 2.25 bits per heavy atom. The zero-order valence-electron chi connectivity index (χ0n) is 9.74. The summed E-state index contributed by atoms with van der Waals surface area (Å²) in [6.45, 7) is 4.65. The van der Waals surface area contributed by atoms with Crippen LogP contribution < -0.4 is 10.6 Å². The first-order valence-corrected chi connectivity index (χ1v) is 7.13. The summed E-state index contributed by atoms with van der Waals surface area (Å²) in [4.78, 5) is 4.27. The van der Waals surface area contributed by atoms with Crippen LogP contribution in [0.4, 0.5) is 0 Å². The molecule has 0 spiro atoms. The van der Waals surface area contributed by atoms with Crippen LogP contribution >= 0.6 is 11.3 Å². The molecular formula is C12H21N3S. The lowest BCUT2D eigenvalue weighted by atomic mass is 9.95. The monoisotopic (exact) mass is 239 g/mol. The van der Waals surface area contributed by atoms with E-state index in [0.29, 0.717) is 0 Å². The molecule has 1 aromatic heterocycles. The van der Waals surface area contributed by atoms with Crippen molar-refractivity contribution in [2.24, 2.45) is 5.92 Å². The predicted octanol–water partition coefficient (Wildman–Crippen LogP) is 1.66. The normalized spacial score (nSPS) is 17.8. The number of nitrogens with one attached hydrogen (secondary N) is 2. The van der Waals surface area contributed by atoms with Crippen molar-refractivity contribution < 1.29 is 0 Å². The van der Waals surface area contributed by atoms with Gasteiger partial charge in [0.1, 0.15) is 0 Å². The molecule has 2 rings (SSSR count). The quantitative estimate of drug-likeness (QED) is 0.741. The van der Waals surface area contributed by atoms with Crippen LogP contribution in [0.3, 0.4) is 0 Å². The lowest BCUT2D eigenvalue weighted by molar-refractivity contribution is 0.349. The van der Waals surface area contributed by atoms with E-state index in [4.69, 9.17) is 0 Å². The number of piperidine rings is 1. The molecule has 0 saturated carbocycles. The van der Waals surface area contributed by atoms with Crippen molar-refractivity contribution in [3.8, 4) is 0 Å². The summed E-state index contributed by atoms with van der Waals surface area (Å²) in [6, 6.07) is 0. The van der Waals surface area contributed by atoms with E-state index in [1.165, 1.54) is 37.4 Å². The molecule has 4 heteroatoms. The Hall–Kier alpha value is -0.450. The van der Waals surface area contributed by atoms with Crippen molar-refractivity contribution in [2.75, 3.05) is 26.2 Å². The van der Waals surface area contributed by atoms with Crippen molar-refractivity contribution in [1.82, 2.24) is 15.6 Å². The lowest BCUT2D eigenvalue weighted by Crippen LogP contribution is -2.30. The van der Waals surface area contributed by atoms with Gasteiger partial charge in [-0.1, -0.05) is 0 Å². The average Bonchev–Trinajstić information content (AvgIpc) is 2.83. The van der Waals surface area contributed by atoms with Crippen molar-refractivity contribution >= 4 is 11.3 Å². The molecule has 1 aliphatic rings. The molecule has 1 saturated heterocycles. The van der Waals surface area contributed by atoms with E-state index in [0.717, 1.165) is 25.4 Å². The Labute approximate surface area is 102 Å². The maximum Gasteiger partial charge on any atom is 0.0937 e. The molecule has 1 aliphatic heterocycles. The highest BCUT2D eigenvalue weighted by Gasteiger charge is 2.11. The molecule has 0 bridgehead atoms. The van der Waals surface area contributed by atoms with Crippen LogP contribution in [0.1, 0.15) is 24.3 Å². The third-order valence-electron chi connectivity index (χ3n) is 3.19. The largest absolute Gasteiger partial charge is 0.317 e. The molecule has 90 valence electrons. The summed E-state index contributed by atoms with van der Waals surface area (Å²) in [5.41, 5.74) is 0. The highest BCUT2D eigenvalue weighted by molar-refractivity contribution is 7.09. The first-order chi connectivity index (χ1) is 7.95. The minimum Gasteiger partial charge on any atom is -0.317 e. The van der Waals surface area contributed by atoms with E-state index in [9.17, 15) is 0 Å². The van der Waals surface area contributed by atoms with E-state index < -0.39 is 0 Å². The van der Waals surface area contributed by atoms with Gasteiger partial charge in [0.05, 0.1) is 5.01 Å². The second-order valence-corrected chi connectivity index (χ2v) is 5.39. The van der Waals surface area contributed by atoms with E-state index >= 15 is 0 Å². The molecule has 2 heterocycles. The Balaban J connectivity index is 1.48. The van der Waals surface area contributed by atoms with E-state index in [1.54, 1.807) is 11.3 Å². The lowest BCUT2D eigenvalue weighted by Gasteiger charge is -2.22. The number of aromatic nitrogens is 1. The van der Waals surface area contributed by atoms with Gasteiger partial charge in [-0.15, -0.1) is 11.3 Å². The molecule has 0 unspecified atom stereocenters. The minimum absolute atomic E-state index is 0.939. The first kappa shape index (κ1) is 12.0. The Morgan fingerprint density at radius 1 is 1.38 bits per heavy atom. The van der Waals surface area contributed by atoms with Gasteiger partial charge < -0.3 is 10.6 Å². The third kappa shape index (κ3) is 4.20. The number of thiazole rings is 1. The fraction of sp³-hybridized carbons (Fsp3) is 0.750. The molecule has 0 aliphatic carbocycles. The molecular weight excluding hydrogens is 218 g/mol. The number of hydrogen-bond donors (Lipinski definition) is 2. The van der Waals surface area contributed by atoms with Crippen molar-refractivity contribution in [2.45, 2.75) is 25.7 Å². The number of nitrogens with zero attached hydrogens (tertiary/aromatic N) is 1. The zero-order valence-corrected chi connectivity index (χ0v) is 10.6. The Bertz CT molecular complexity index is 268. The molecule has 3 nitrogen and oxygen atoms in total. The summed E-state index contributed by atoms with van der Waals surface area (Å²) in [5.74, 6) is 0.939. The topological polar surface area (TPSA) is 37.0 Å². The van der Waals surface area contributed by atoms with Crippen molar-refractivity contribution in [3.63, 3.8) is 0 Å². The smallest absolute Gasteiger partial charge is 0.0937 e. The molecule has 2 N–H and O–H groups in total. The van der Waals surface area contributed by atoms with Crippen LogP contribution in [0.2, 0.25) is 0 Å². The van der Waals surface area contributed by atoms with Gasteiger partial charge in [-0.05, 0) is 44.8 Å². The van der Waals surface area contributed by atoms with Gasteiger partial charge in [-0.3, -0.25) is 0 Å². The van der Waals surface area contributed by atoms with Gasteiger partial charge in [0, 0.05) is 24.5 Å². The van der Waals surface area contributed by atoms with Crippen LogP contribution in [0.25, 0.3) is 0 Å². The summed E-state index contributed by atoms with van der Waals surface area (Å²) in [7, 11) is 0. The SMILES string of the molecule is c1csc(CCNCCC2CCNCC2)n1. The molecule has 1 fully saturated rings. The van der Waals surface area contributed by atoms with Gasteiger partial charge >= 0.3 is 0 Å². The molecule has 0 atom stereocenters. The number of rotatable bonds is 6. The predicted molar refractivity (Wildman–Crippen MR) is 68.9 cm³/mol. The molecule has 0 aromatic carbocycles. The second kappa shape index (κ2) is 6.99. The van der Waals surface area contributed by atoms with Gasteiger partial charge in [-0.2, -0.15) is 0 Å². The van der Waals surface area contributed by atoms with Crippen molar-refractivity contribution in [1.29, 1.82) is 0 Å². The van der Waals surface area contributed by atoms with Crippen LogP contribution in [0.5, 0.6) is 0 Å². The third-order valence-corrected chi connectivity index (χ3v) is 4.03. The van der Waals surface area contributed by atoms with Crippen LogP contribution in [0.15, 0.2) is 11.6 Å². The summed E-state index contributed by atoms with van der Waals surface area (Å²) in [6.07, 6.45) is 7.00. The Kier molecular flexibility index (Phi) is 5.25. The molecule has 1 aromatic rings. The van der Waals surface area contributed by atoms with Crippen LogP contribution in [-0.4, -0.2) is 31.2 Å². The Morgan fingerprint density at radius 3 is 3.00 bits per heavy atom. The van der Waals surface area contributed by atoms with Crippen LogP contribution in [-0.2, 0) is 6.42 Å². The first-order valence-electron chi connectivity index (χ1n) is 6.25. The van der Waals surface area contributed by atoms with Crippen molar-refractivity contribution in [3.05, 3.63) is 16.6 Å². The second-order valence-electron chi connectivity index (χ2n) is 4.41. The number of hydrogen-bond acceptors (Lipinski definition) is 4.